The first-order valence-electron chi connectivity index (χ1n) is 9.36. The van der Waals surface area contributed by atoms with E-state index in [0.29, 0.717) is 6.61 Å². The van der Waals surface area contributed by atoms with Crippen LogP contribution in [0.4, 0.5) is 5.69 Å². The van der Waals surface area contributed by atoms with Crippen molar-refractivity contribution in [2.75, 3.05) is 11.9 Å². The molecule has 0 saturated heterocycles. The lowest BCUT2D eigenvalue weighted by atomic mass is 10.2. The van der Waals surface area contributed by atoms with Gasteiger partial charge in [0, 0.05) is 12.2 Å². The average Bonchev–Trinajstić information content (AvgIpc) is 2.58. The summed E-state index contributed by atoms with van der Waals surface area (Å²) in [4.78, 5) is 0. The normalized spacial score (nSPS) is 13.3. The minimum Gasteiger partial charge on any atom is -0.489 e. The smallest absolute Gasteiger partial charge is 0.192 e. The van der Waals surface area contributed by atoms with Gasteiger partial charge in [0.25, 0.3) is 0 Å². The van der Waals surface area contributed by atoms with Crippen molar-refractivity contribution in [1.82, 2.24) is 0 Å². The zero-order valence-corrected chi connectivity index (χ0v) is 18.0. The molecule has 1 unspecified atom stereocenters. The number of rotatable bonds is 8. The second-order valence-corrected chi connectivity index (χ2v) is 13.1. The zero-order chi connectivity index (χ0) is 19.2. The van der Waals surface area contributed by atoms with E-state index in [9.17, 15) is 0 Å². The molecule has 3 nitrogen and oxygen atoms in total. The number of hydrogen-bond acceptors (Lipinski definition) is 3. The van der Waals surface area contributed by atoms with Gasteiger partial charge in [0.1, 0.15) is 12.4 Å². The van der Waals surface area contributed by atoms with Crippen molar-refractivity contribution in [3.8, 4) is 5.75 Å². The van der Waals surface area contributed by atoms with Crippen LogP contribution in [-0.2, 0) is 11.0 Å². The lowest BCUT2D eigenvalue weighted by Gasteiger charge is -2.38. The van der Waals surface area contributed by atoms with Gasteiger partial charge in [-0.25, -0.2) is 0 Å². The number of nitrogens with one attached hydrogen (secondary N) is 1. The molecule has 4 heteroatoms. The van der Waals surface area contributed by atoms with Crippen molar-refractivity contribution >= 4 is 14.0 Å². The minimum atomic E-state index is -1.72. The Morgan fingerprint density at radius 2 is 1.58 bits per heavy atom. The maximum absolute atomic E-state index is 6.39. The first-order valence-corrected chi connectivity index (χ1v) is 12.3. The Hall–Kier alpha value is -1.78. The number of benzene rings is 2. The first-order chi connectivity index (χ1) is 12.2. The SMILES string of the molecule is CC(CNc1ccc(OCc2ccccc2)cc1)O[Si](C)(C)C(C)(C)C. The van der Waals surface area contributed by atoms with Gasteiger partial charge in [-0.2, -0.15) is 0 Å². The molecule has 0 heterocycles. The summed E-state index contributed by atoms with van der Waals surface area (Å²) < 4.78 is 12.2. The molecule has 1 N–H and O–H groups in total. The fraction of sp³-hybridized carbons (Fsp3) is 0.455. The molecular weight excluding hydrogens is 338 g/mol. The molecule has 26 heavy (non-hydrogen) atoms. The third-order valence-electron chi connectivity index (χ3n) is 5.00. The van der Waals surface area contributed by atoms with E-state index in [1.165, 1.54) is 5.56 Å². The molecule has 0 fully saturated rings. The Bertz CT molecular complexity index is 663. The van der Waals surface area contributed by atoms with Crippen LogP contribution in [0.25, 0.3) is 0 Å². The third kappa shape index (κ3) is 6.18. The van der Waals surface area contributed by atoms with Crippen LogP contribution in [0.15, 0.2) is 54.6 Å². The maximum Gasteiger partial charge on any atom is 0.192 e. The van der Waals surface area contributed by atoms with Crippen LogP contribution < -0.4 is 10.1 Å². The molecule has 142 valence electrons. The summed E-state index contributed by atoms with van der Waals surface area (Å²) >= 11 is 0. The molecule has 0 spiro atoms. The summed E-state index contributed by atoms with van der Waals surface area (Å²) in [5.74, 6) is 0.880. The second-order valence-electron chi connectivity index (χ2n) is 8.37. The van der Waals surface area contributed by atoms with E-state index in [0.717, 1.165) is 18.0 Å². The standard InChI is InChI=1S/C22H33NO2Si/c1-18(25-26(5,6)22(2,3)4)16-23-20-12-14-21(15-13-20)24-17-19-10-8-7-9-11-19/h7-15,18,23H,16-17H2,1-6H3. The highest BCUT2D eigenvalue weighted by molar-refractivity contribution is 6.74. The highest BCUT2D eigenvalue weighted by atomic mass is 28.4. The Morgan fingerprint density at radius 1 is 0.962 bits per heavy atom. The topological polar surface area (TPSA) is 30.5 Å². The predicted molar refractivity (Wildman–Crippen MR) is 113 cm³/mol. The number of anilines is 1. The van der Waals surface area contributed by atoms with E-state index in [-0.39, 0.29) is 11.1 Å². The Morgan fingerprint density at radius 3 is 2.15 bits per heavy atom. The summed E-state index contributed by atoms with van der Waals surface area (Å²) in [7, 11) is -1.72. The largest absolute Gasteiger partial charge is 0.489 e. The van der Waals surface area contributed by atoms with Crippen molar-refractivity contribution in [3.63, 3.8) is 0 Å². The lowest BCUT2D eigenvalue weighted by molar-refractivity contribution is 0.211. The zero-order valence-electron chi connectivity index (χ0n) is 17.0. The fourth-order valence-electron chi connectivity index (χ4n) is 2.39. The fourth-order valence-corrected chi connectivity index (χ4v) is 3.84. The van der Waals surface area contributed by atoms with Gasteiger partial charge in [-0.1, -0.05) is 51.1 Å². The van der Waals surface area contributed by atoms with Gasteiger partial charge < -0.3 is 14.5 Å². The molecule has 1 atom stereocenters. The van der Waals surface area contributed by atoms with Crippen LogP contribution in [0.3, 0.4) is 0 Å². The van der Waals surface area contributed by atoms with E-state index in [1.807, 2.05) is 30.3 Å². The van der Waals surface area contributed by atoms with Crippen molar-refractivity contribution in [2.45, 2.75) is 58.5 Å². The van der Waals surface area contributed by atoms with E-state index in [4.69, 9.17) is 9.16 Å². The van der Waals surface area contributed by atoms with Gasteiger partial charge in [0.15, 0.2) is 8.32 Å². The molecule has 0 radical (unpaired) electrons. The van der Waals surface area contributed by atoms with Gasteiger partial charge in [-0.3, -0.25) is 0 Å². The first kappa shape index (κ1) is 20.5. The maximum atomic E-state index is 6.39. The van der Waals surface area contributed by atoms with Gasteiger partial charge in [0.2, 0.25) is 0 Å². The van der Waals surface area contributed by atoms with Crippen LogP contribution >= 0.6 is 0 Å². The van der Waals surface area contributed by atoms with Crippen molar-refractivity contribution in [2.24, 2.45) is 0 Å². The van der Waals surface area contributed by atoms with Gasteiger partial charge in [0.05, 0.1) is 6.10 Å². The molecule has 0 amide bonds. The summed E-state index contributed by atoms with van der Waals surface area (Å²) in [6, 6.07) is 18.3. The van der Waals surface area contributed by atoms with Crippen molar-refractivity contribution in [1.29, 1.82) is 0 Å². The van der Waals surface area contributed by atoms with Crippen LogP contribution in [-0.4, -0.2) is 21.0 Å². The molecule has 2 aromatic rings. The van der Waals surface area contributed by atoms with E-state index >= 15 is 0 Å². The molecule has 0 bridgehead atoms. The summed E-state index contributed by atoms with van der Waals surface area (Å²) in [6.45, 7) is 14.9. The van der Waals surface area contributed by atoms with Gasteiger partial charge in [-0.15, -0.1) is 0 Å². The van der Waals surface area contributed by atoms with Crippen molar-refractivity contribution in [3.05, 3.63) is 60.2 Å². The third-order valence-corrected chi connectivity index (χ3v) is 9.60. The van der Waals surface area contributed by atoms with Crippen LogP contribution in [0.5, 0.6) is 5.75 Å². The predicted octanol–water partition coefficient (Wildman–Crippen LogP) is 6.09. The van der Waals surface area contributed by atoms with Crippen LogP contribution in [0, 0.1) is 0 Å². The highest BCUT2D eigenvalue weighted by Crippen LogP contribution is 2.37. The second kappa shape index (κ2) is 8.74. The number of ether oxygens (including phenoxy) is 1. The Kier molecular flexibility index (Phi) is 6.90. The highest BCUT2D eigenvalue weighted by Gasteiger charge is 2.38. The molecule has 0 aliphatic carbocycles. The Balaban J connectivity index is 1.80. The Labute approximate surface area is 159 Å². The minimum absolute atomic E-state index is 0.185. The quantitative estimate of drug-likeness (QED) is 0.570. The van der Waals surface area contributed by atoms with Crippen LogP contribution in [0.2, 0.25) is 18.1 Å². The molecule has 2 rings (SSSR count). The molecule has 0 saturated carbocycles. The van der Waals surface area contributed by atoms with E-state index in [1.54, 1.807) is 0 Å². The van der Waals surface area contributed by atoms with E-state index in [2.05, 4.69) is 70.4 Å². The summed E-state index contributed by atoms with van der Waals surface area (Å²) in [6.07, 6.45) is 0.185. The number of hydrogen-bond donors (Lipinski definition) is 1. The monoisotopic (exact) mass is 371 g/mol. The summed E-state index contributed by atoms with van der Waals surface area (Å²) in [5, 5.41) is 3.70. The molecular formula is C22H33NO2Si. The van der Waals surface area contributed by atoms with Crippen molar-refractivity contribution < 1.29 is 9.16 Å². The molecule has 0 aromatic heterocycles. The van der Waals surface area contributed by atoms with Gasteiger partial charge in [-0.05, 0) is 54.9 Å². The molecule has 0 aliphatic rings. The van der Waals surface area contributed by atoms with Gasteiger partial charge >= 0.3 is 0 Å². The van der Waals surface area contributed by atoms with Crippen LogP contribution in [0.1, 0.15) is 33.3 Å². The molecule has 2 aromatic carbocycles. The molecule has 0 aliphatic heterocycles. The average molecular weight is 372 g/mol. The summed E-state index contributed by atoms with van der Waals surface area (Å²) in [5.41, 5.74) is 2.26. The van der Waals surface area contributed by atoms with E-state index < -0.39 is 8.32 Å². The lowest BCUT2D eigenvalue weighted by Crippen LogP contribution is -2.44.